The van der Waals surface area contributed by atoms with Crippen molar-refractivity contribution in [3.05, 3.63) is 36.2 Å². The Labute approximate surface area is 130 Å². The van der Waals surface area contributed by atoms with Gasteiger partial charge in [-0.05, 0) is 38.0 Å². The highest BCUT2D eigenvalue weighted by molar-refractivity contribution is 7.88. The molecule has 1 fully saturated rings. The third kappa shape index (κ3) is 2.78. The second kappa shape index (κ2) is 5.81. The molecular weight excluding hydrogens is 300 g/mol. The number of nitrogens with zero attached hydrogens (tertiary/aromatic N) is 4. The monoisotopic (exact) mass is 320 g/mol. The molecule has 7 heteroatoms. The fraction of sp³-hybridized carbons (Fsp3) is 0.467. The topological polar surface area (TPSA) is 68.1 Å². The maximum Gasteiger partial charge on any atom is 0.211 e. The summed E-state index contributed by atoms with van der Waals surface area (Å²) in [6, 6.07) is 7.55. The van der Waals surface area contributed by atoms with Gasteiger partial charge in [0, 0.05) is 19.3 Å². The van der Waals surface area contributed by atoms with Crippen molar-refractivity contribution < 1.29 is 8.42 Å². The number of hydrogen-bond donors (Lipinski definition) is 0. The van der Waals surface area contributed by atoms with E-state index in [9.17, 15) is 8.42 Å². The lowest BCUT2D eigenvalue weighted by atomic mass is 10.1. The standard InChI is InChI=1S/C15H20N4O2S/c1-3-18-14(9-10-16-18)12-6-4-7-13(17-12)15-8-5-11-19(15)22(2,20)21/h4,6-7,9-10,15H,3,5,8,11H2,1-2H3. The van der Waals surface area contributed by atoms with E-state index in [1.807, 2.05) is 35.9 Å². The van der Waals surface area contributed by atoms with E-state index < -0.39 is 10.0 Å². The van der Waals surface area contributed by atoms with E-state index in [4.69, 9.17) is 4.98 Å². The molecule has 0 bridgehead atoms. The zero-order valence-corrected chi connectivity index (χ0v) is 13.6. The Hall–Kier alpha value is -1.73. The Kier molecular flexibility index (Phi) is 4.01. The van der Waals surface area contributed by atoms with Gasteiger partial charge in [0.15, 0.2) is 0 Å². The highest BCUT2D eigenvalue weighted by Crippen LogP contribution is 2.33. The van der Waals surface area contributed by atoms with Gasteiger partial charge in [-0.25, -0.2) is 13.4 Å². The molecule has 1 saturated heterocycles. The second-order valence-electron chi connectivity index (χ2n) is 5.51. The molecule has 1 aliphatic heterocycles. The zero-order valence-electron chi connectivity index (χ0n) is 12.8. The minimum atomic E-state index is -3.20. The molecule has 2 aromatic rings. The van der Waals surface area contributed by atoms with Crippen LogP contribution in [0.15, 0.2) is 30.5 Å². The van der Waals surface area contributed by atoms with Gasteiger partial charge >= 0.3 is 0 Å². The lowest BCUT2D eigenvalue weighted by molar-refractivity contribution is 0.394. The van der Waals surface area contributed by atoms with Crippen LogP contribution < -0.4 is 0 Å². The van der Waals surface area contributed by atoms with Crippen LogP contribution in [0, 0.1) is 0 Å². The summed E-state index contributed by atoms with van der Waals surface area (Å²) in [5, 5.41) is 4.26. The summed E-state index contributed by atoms with van der Waals surface area (Å²) in [5.41, 5.74) is 2.59. The third-order valence-electron chi connectivity index (χ3n) is 4.02. The second-order valence-corrected chi connectivity index (χ2v) is 7.45. The molecule has 2 aromatic heterocycles. The van der Waals surface area contributed by atoms with Crippen molar-refractivity contribution in [2.45, 2.75) is 32.4 Å². The molecule has 1 atom stereocenters. The molecule has 0 amide bonds. The summed E-state index contributed by atoms with van der Waals surface area (Å²) in [4.78, 5) is 4.70. The molecular formula is C15H20N4O2S. The molecule has 0 saturated carbocycles. The maximum absolute atomic E-state index is 11.9. The first-order chi connectivity index (χ1) is 10.5. The van der Waals surface area contributed by atoms with Crippen molar-refractivity contribution in [1.29, 1.82) is 0 Å². The number of sulfonamides is 1. The van der Waals surface area contributed by atoms with E-state index in [2.05, 4.69) is 5.10 Å². The van der Waals surface area contributed by atoms with Crippen LogP contribution in [0.3, 0.4) is 0 Å². The van der Waals surface area contributed by atoms with E-state index in [1.165, 1.54) is 6.26 Å². The van der Waals surface area contributed by atoms with E-state index in [-0.39, 0.29) is 6.04 Å². The largest absolute Gasteiger partial charge is 0.264 e. The lowest BCUT2D eigenvalue weighted by Gasteiger charge is -2.22. The number of aryl methyl sites for hydroxylation is 1. The number of aromatic nitrogens is 3. The lowest BCUT2D eigenvalue weighted by Crippen LogP contribution is -2.29. The molecule has 0 spiro atoms. The van der Waals surface area contributed by atoms with E-state index >= 15 is 0 Å². The van der Waals surface area contributed by atoms with Crippen molar-refractivity contribution in [2.24, 2.45) is 0 Å². The SMILES string of the molecule is CCn1nccc1-c1cccc(C2CCCN2S(C)(=O)=O)n1. The first-order valence-electron chi connectivity index (χ1n) is 7.46. The molecule has 0 radical (unpaired) electrons. The molecule has 0 aliphatic carbocycles. The van der Waals surface area contributed by atoms with Crippen LogP contribution in [0.4, 0.5) is 0 Å². The van der Waals surface area contributed by atoms with Crippen molar-refractivity contribution >= 4 is 10.0 Å². The fourth-order valence-electron chi connectivity index (χ4n) is 3.01. The highest BCUT2D eigenvalue weighted by Gasteiger charge is 2.33. The van der Waals surface area contributed by atoms with Gasteiger partial charge in [-0.1, -0.05) is 6.07 Å². The Morgan fingerprint density at radius 3 is 2.86 bits per heavy atom. The predicted molar refractivity (Wildman–Crippen MR) is 84.7 cm³/mol. The van der Waals surface area contributed by atoms with E-state index in [1.54, 1.807) is 10.5 Å². The van der Waals surface area contributed by atoms with Gasteiger partial charge in [0.05, 0.1) is 29.4 Å². The van der Waals surface area contributed by atoms with Crippen molar-refractivity contribution in [3.63, 3.8) is 0 Å². The highest BCUT2D eigenvalue weighted by atomic mass is 32.2. The van der Waals surface area contributed by atoms with Gasteiger partial charge < -0.3 is 0 Å². The van der Waals surface area contributed by atoms with Crippen molar-refractivity contribution in [1.82, 2.24) is 19.1 Å². The Bertz CT molecular complexity index is 769. The minimum Gasteiger partial charge on any atom is -0.264 e. The van der Waals surface area contributed by atoms with Crippen LogP contribution in [0.25, 0.3) is 11.4 Å². The quantitative estimate of drug-likeness (QED) is 0.865. The summed E-state index contributed by atoms with van der Waals surface area (Å²) in [5.74, 6) is 0. The molecule has 0 N–H and O–H groups in total. The first kappa shape index (κ1) is 15.2. The molecule has 118 valence electrons. The van der Waals surface area contributed by atoms with Gasteiger partial charge in [0.2, 0.25) is 10.0 Å². The summed E-state index contributed by atoms with van der Waals surface area (Å²) in [6.07, 6.45) is 4.71. The molecule has 1 aliphatic rings. The molecule has 22 heavy (non-hydrogen) atoms. The molecule has 0 aromatic carbocycles. The van der Waals surface area contributed by atoms with Crippen LogP contribution >= 0.6 is 0 Å². The summed E-state index contributed by atoms with van der Waals surface area (Å²) in [6.45, 7) is 3.37. The molecule has 3 rings (SSSR count). The number of hydrogen-bond acceptors (Lipinski definition) is 4. The Morgan fingerprint density at radius 2 is 2.14 bits per heavy atom. The van der Waals surface area contributed by atoms with Crippen molar-refractivity contribution in [2.75, 3.05) is 12.8 Å². The summed E-state index contributed by atoms with van der Waals surface area (Å²) >= 11 is 0. The smallest absolute Gasteiger partial charge is 0.211 e. The van der Waals surface area contributed by atoms with Gasteiger partial charge in [-0.15, -0.1) is 0 Å². The summed E-state index contributed by atoms with van der Waals surface area (Å²) in [7, 11) is -3.20. The van der Waals surface area contributed by atoms with E-state index in [0.717, 1.165) is 36.5 Å². The Balaban J connectivity index is 1.98. The van der Waals surface area contributed by atoms with Gasteiger partial charge in [0.1, 0.15) is 0 Å². The zero-order chi connectivity index (χ0) is 15.7. The van der Waals surface area contributed by atoms with Crippen LogP contribution in [0.2, 0.25) is 0 Å². The van der Waals surface area contributed by atoms with Crippen LogP contribution in [0.1, 0.15) is 31.5 Å². The fourth-order valence-corrected chi connectivity index (χ4v) is 4.15. The number of pyridine rings is 1. The average molecular weight is 320 g/mol. The van der Waals surface area contributed by atoms with Gasteiger partial charge in [0.25, 0.3) is 0 Å². The third-order valence-corrected chi connectivity index (χ3v) is 5.31. The van der Waals surface area contributed by atoms with Crippen LogP contribution in [-0.4, -0.2) is 40.3 Å². The maximum atomic E-state index is 11.9. The average Bonchev–Trinajstić information content (AvgIpc) is 3.15. The molecule has 6 nitrogen and oxygen atoms in total. The predicted octanol–water partition coefficient (Wildman–Crippen LogP) is 2.06. The van der Waals surface area contributed by atoms with Crippen molar-refractivity contribution in [3.8, 4) is 11.4 Å². The minimum absolute atomic E-state index is 0.159. The van der Waals surface area contributed by atoms with Gasteiger partial charge in [-0.3, -0.25) is 4.68 Å². The molecule has 1 unspecified atom stereocenters. The molecule has 3 heterocycles. The summed E-state index contributed by atoms with van der Waals surface area (Å²) < 4.78 is 27.3. The van der Waals surface area contributed by atoms with Crippen LogP contribution in [0.5, 0.6) is 0 Å². The van der Waals surface area contributed by atoms with E-state index in [0.29, 0.717) is 6.54 Å². The normalized spacial score (nSPS) is 19.6. The number of rotatable bonds is 4. The van der Waals surface area contributed by atoms with Gasteiger partial charge in [-0.2, -0.15) is 9.40 Å². The first-order valence-corrected chi connectivity index (χ1v) is 9.31. The Morgan fingerprint density at radius 1 is 1.32 bits per heavy atom. The van der Waals surface area contributed by atoms with Crippen LogP contribution in [-0.2, 0) is 16.6 Å².